The first kappa shape index (κ1) is 20.8. The molecule has 0 amide bonds. The third kappa shape index (κ3) is 5.18. The van der Waals surface area contributed by atoms with Crippen LogP contribution in [0.3, 0.4) is 0 Å². The smallest absolute Gasteiger partial charge is 0.225 e. The van der Waals surface area contributed by atoms with Crippen molar-refractivity contribution < 1.29 is 0 Å². The van der Waals surface area contributed by atoms with Crippen LogP contribution in [0, 0.1) is 5.92 Å². The first-order chi connectivity index (χ1) is 14.6. The number of pyridine rings is 1. The predicted molar refractivity (Wildman–Crippen MR) is 124 cm³/mol. The van der Waals surface area contributed by atoms with Crippen molar-refractivity contribution in [2.45, 2.75) is 26.3 Å². The van der Waals surface area contributed by atoms with Crippen LogP contribution in [0.2, 0.25) is 5.02 Å². The molecule has 158 valence electrons. The van der Waals surface area contributed by atoms with E-state index in [9.17, 15) is 0 Å². The summed E-state index contributed by atoms with van der Waals surface area (Å²) in [6.45, 7) is 9.51. The normalized spacial score (nSPS) is 16.2. The fraction of sp³-hybridized carbons (Fsp3) is 0.435. The lowest BCUT2D eigenvalue weighted by Crippen LogP contribution is -2.50. The average molecular weight is 425 g/mol. The Morgan fingerprint density at radius 2 is 1.77 bits per heavy atom. The van der Waals surface area contributed by atoms with Crippen molar-refractivity contribution in [2.75, 3.05) is 42.9 Å². The van der Waals surface area contributed by atoms with Crippen molar-refractivity contribution in [1.82, 2.24) is 19.9 Å². The maximum atomic E-state index is 6.15. The van der Waals surface area contributed by atoms with Crippen LogP contribution in [-0.2, 0) is 0 Å². The summed E-state index contributed by atoms with van der Waals surface area (Å²) in [5.41, 5.74) is 2.05. The second-order valence-corrected chi connectivity index (χ2v) is 8.76. The van der Waals surface area contributed by atoms with Gasteiger partial charge in [-0.25, -0.2) is 9.97 Å². The predicted octanol–water partition coefficient (Wildman–Crippen LogP) is 4.33. The van der Waals surface area contributed by atoms with E-state index in [0.717, 1.165) is 61.7 Å². The van der Waals surface area contributed by atoms with E-state index in [1.165, 1.54) is 0 Å². The van der Waals surface area contributed by atoms with Crippen molar-refractivity contribution in [3.8, 4) is 0 Å². The molecule has 0 radical (unpaired) electrons. The maximum absolute atomic E-state index is 6.15. The van der Waals surface area contributed by atoms with Crippen molar-refractivity contribution in [2.24, 2.45) is 5.92 Å². The Hall–Kier alpha value is -2.44. The number of aromatic nitrogens is 3. The highest BCUT2D eigenvalue weighted by molar-refractivity contribution is 6.31. The van der Waals surface area contributed by atoms with Gasteiger partial charge in [-0.3, -0.25) is 9.88 Å². The lowest BCUT2D eigenvalue weighted by atomic mass is 10.0. The third-order valence-corrected chi connectivity index (χ3v) is 5.74. The molecule has 1 saturated heterocycles. The molecule has 2 aromatic heterocycles. The van der Waals surface area contributed by atoms with E-state index in [-0.39, 0.29) is 0 Å². The van der Waals surface area contributed by atoms with Crippen LogP contribution in [0.15, 0.2) is 48.9 Å². The van der Waals surface area contributed by atoms with Gasteiger partial charge in [-0.2, -0.15) is 0 Å². The molecular formula is C23H29ClN6. The molecule has 1 aliphatic rings. The molecule has 0 aliphatic carbocycles. The zero-order valence-corrected chi connectivity index (χ0v) is 18.4. The molecule has 0 bridgehead atoms. The summed E-state index contributed by atoms with van der Waals surface area (Å²) in [5, 5.41) is 5.63. The molecular weight excluding hydrogens is 396 g/mol. The van der Waals surface area contributed by atoms with Crippen LogP contribution in [0.4, 0.5) is 11.6 Å². The van der Waals surface area contributed by atoms with E-state index >= 15 is 0 Å². The van der Waals surface area contributed by atoms with Gasteiger partial charge >= 0.3 is 0 Å². The van der Waals surface area contributed by atoms with Crippen LogP contribution >= 0.6 is 11.6 Å². The Morgan fingerprint density at radius 3 is 2.50 bits per heavy atom. The van der Waals surface area contributed by atoms with Crippen LogP contribution in [-0.4, -0.2) is 58.6 Å². The highest BCUT2D eigenvalue weighted by Gasteiger charge is 2.22. The standard InChI is InChI=1S/C23H29ClN6/c1-17(2)14-19(28-21-6-9-25-22-15-18(24)4-5-20(21)22)16-29-10-12-30(13-11-29)23-26-7-3-8-27-23/h3-9,15,17,19H,10-14,16H2,1-2H3,(H,25,28). The van der Waals surface area contributed by atoms with Gasteiger partial charge in [0.25, 0.3) is 0 Å². The highest BCUT2D eigenvalue weighted by atomic mass is 35.5. The molecule has 1 N–H and O–H groups in total. The van der Waals surface area contributed by atoms with Gasteiger partial charge in [0.2, 0.25) is 5.95 Å². The number of nitrogens with zero attached hydrogens (tertiary/aromatic N) is 5. The van der Waals surface area contributed by atoms with Crippen LogP contribution in [0.1, 0.15) is 20.3 Å². The van der Waals surface area contributed by atoms with Gasteiger partial charge in [0, 0.05) is 73.5 Å². The van der Waals surface area contributed by atoms with E-state index < -0.39 is 0 Å². The molecule has 30 heavy (non-hydrogen) atoms. The Kier molecular flexibility index (Phi) is 6.65. The minimum Gasteiger partial charge on any atom is -0.380 e. The Morgan fingerprint density at radius 1 is 1.00 bits per heavy atom. The van der Waals surface area contributed by atoms with E-state index in [4.69, 9.17) is 11.6 Å². The summed E-state index contributed by atoms with van der Waals surface area (Å²) in [4.78, 5) is 18.1. The number of hydrogen-bond acceptors (Lipinski definition) is 6. The minimum absolute atomic E-state index is 0.366. The SMILES string of the molecule is CC(C)CC(CN1CCN(c2ncccn2)CC1)Nc1ccnc2cc(Cl)ccc12. The number of hydrogen-bond donors (Lipinski definition) is 1. The van der Waals surface area contributed by atoms with Gasteiger partial charge in [-0.1, -0.05) is 25.4 Å². The largest absolute Gasteiger partial charge is 0.380 e. The monoisotopic (exact) mass is 424 g/mol. The molecule has 1 fully saturated rings. The van der Waals surface area contributed by atoms with Crippen molar-refractivity contribution in [3.05, 3.63) is 53.9 Å². The zero-order chi connectivity index (χ0) is 20.9. The molecule has 0 spiro atoms. The lowest BCUT2D eigenvalue weighted by Gasteiger charge is -2.37. The van der Waals surface area contributed by atoms with Crippen LogP contribution in [0.5, 0.6) is 0 Å². The molecule has 1 aliphatic heterocycles. The second-order valence-electron chi connectivity index (χ2n) is 8.33. The Bertz CT molecular complexity index is 956. The highest BCUT2D eigenvalue weighted by Crippen LogP contribution is 2.26. The Balaban J connectivity index is 1.43. The zero-order valence-electron chi connectivity index (χ0n) is 17.6. The van der Waals surface area contributed by atoms with Crippen molar-refractivity contribution >= 4 is 34.1 Å². The summed E-state index contributed by atoms with van der Waals surface area (Å²) in [6.07, 6.45) is 6.58. The number of rotatable bonds is 7. The van der Waals surface area contributed by atoms with E-state index in [2.05, 4.69) is 56.0 Å². The van der Waals surface area contributed by atoms with Crippen molar-refractivity contribution in [1.29, 1.82) is 0 Å². The minimum atomic E-state index is 0.366. The van der Waals surface area contributed by atoms with Gasteiger partial charge < -0.3 is 10.2 Å². The molecule has 1 atom stereocenters. The summed E-state index contributed by atoms with van der Waals surface area (Å²) in [7, 11) is 0. The molecule has 0 saturated carbocycles. The number of piperazine rings is 1. The number of fused-ring (bicyclic) bond motifs is 1. The number of anilines is 2. The number of nitrogens with one attached hydrogen (secondary N) is 1. The van der Waals surface area contributed by atoms with Gasteiger partial charge in [0.15, 0.2) is 0 Å². The topological polar surface area (TPSA) is 57.2 Å². The summed E-state index contributed by atoms with van der Waals surface area (Å²) in [5.74, 6) is 1.44. The van der Waals surface area contributed by atoms with Gasteiger partial charge in [-0.15, -0.1) is 0 Å². The van der Waals surface area contributed by atoms with Crippen LogP contribution in [0.25, 0.3) is 10.9 Å². The first-order valence-electron chi connectivity index (χ1n) is 10.6. The molecule has 1 aromatic carbocycles. The second kappa shape index (κ2) is 9.58. The molecule has 1 unspecified atom stereocenters. The summed E-state index contributed by atoms with van der Waals surface area (Å²) >= 11 is 6.15. The van der Waals surface area contributed by atoms with E-state index in [0.29, 0.717) is 17.0 Å². The maximum Gasteiger partial charge on any atom is 0.225 e. The molecule has 7 heteroatoms. The summed E-state index contributed by atoms with van der Waals surface area (Å²) < 4.78 is 0. The van der Waals surface area contributed by atoms with Gasteiger partial charge in [0.1, 0.15) is 0 Å². The number of halogens is 1. The lowest BCUT2D eigenvalue weighted by molar-refractivity contribution is 0.238. The fourth-order valence-corrected chi connectivity index (χ4v) is 4.28. The van der Waals surface area contributed by atoms with E-state index in [1.54, 1.807) is 0 Å². The molecule has 3 aromatic rings. The average Bonchev–Trinajstić information content (AvgIpc) is 2.74. The van der Waals surface area contributed by atoms with Crippen LogP contribution < -0.4 is 10.2 Å². The third-order valence-electron chi connectivity index (χ3n) is 5.51. The quantitative estimate of drug-likeness (QED) is 0.609. The van der Waals surface area contributed by atoms with Gasteiger partial charge in [-0.05, 0) is 42.7 Å². The van der Waals surface area contributed by atoms with Crippen molar-refractivity contribution in [3.63, 3.8) is 0 Å². The molecule has 4 rings (SSSR count). The van der Waals surface area contributed by atoms with Gasteiger partial charge in [0.05, 0.1) is 5.52 Å². The summed E-state index contributed by atoms with van der Waals surface area (Å²) in [6, 6.07) is 10.2. The fourth-order valence-electron chi connectivity index (χ4n) is 4.11. The first-order valence-corrected chi connectivity index (χ1v) is 11.0. The number of benzene rings is 1. The molecule has 3 heterocycles. The Labute approximate surface area is 183 Å². The van der Waals surface area contributed by atoms with E-state index in [1.807, 2.05) is 36.8 Å². The molecule has 6 nitrogen and oxygen atoms in total.